The van der Waals surface area contributed by atoms with Crippen molar-refractivity contribution in [1.29, 1.82) is 0 Å². The molecule has 7 rings (SSSR count). The summed E-state index contributed by atoms with van der Waals surface area (Å²) in [5.74, 6) is 2.12. The van der Waals surface area contributed by atoms with E-state index in [0.717, 1.165) is 24.1 Å². The van der Waals surface area contributed by atoms with Crippen LogP contribution in [-0.2, 0) is 6.54 Å². The Morgan fingerprint density at radius 2 is 1.14 bits per heavy atom. The summed E-state index contributed by atoms with van der Waals surface area (Å²) in [7, 11) is 0. The molecule has 2 unspecified atom stereocenters. The zero-order valence-corrected chi connectivity index (χ0v) is 30.5. The fraction of sp³-hybridized carbons (Fsp3) is 0.319. The molecular formula is C47H51N3O. The fourth-order valence-corrected chi connectivity index (χ4v) is 7.68. The first-order chi connectivity index (χ1) is 25.1. The van der Waals surface area contributed by atoms with Gasteiger partial charge < -0.3 is 8.98 Å². The van der Waals surface area contributed by atoms with E-state index >= 15 is 0 Å². The molecule has 4 nitrogen and oxygen atoms in total. The number of hydrogen-bond acceptors (Lipinski definition) is 3. The van der Waals surface area contributed by atoms with Crippen molar-refractivity contribution in [2.75, 3.05) is 0 Å². The Kier molecular flexibility index (Phi) is 11.1. The fourth-order valence-electron chi connectivity index (χ4n) is 7.68. The Morgan fingerprint density at radius 1 is 0.549 bits per heavy atom. The molecule has 0 aliphatic heterocycles. The van der Waals surface area contributed by atoms with Crippen molar-refractivity contribution >= 4 is 21.8 Å². The van der Waals surface area contributed by atoms with Gasteiger partial charge in [0, 0.05) is 39.5 Å². The summed E-state index contributed by atoms with van der Waals surface area (Å²) in [4.78, 5) is 0. The molecule has 0 radical (unpaired) electrons. The molecule has 260 valence electrons. The van der Waals surface area contributed by atoms with Crippen molar-refractivity contribution in [2.45, 2.75) is 96.9 Å². The molecule has 0 spiro atoms. The van der Waals surface area contributed by atoms with Gasteiger partial charge >= 0.3 is 0 Å². The molecule has 0 saturated carbocycles. The normalized spacial score (nSPS) is 12.8. The van der Waals surface area contributed by atoms with Gasteiger partial charge in [0.2, 0.25) is 11.8 Å². The predicted molar refractivity (Wildman–Crippen MR) is 214 cm³/mol. The topological polar surface area (TPSA) is 43.9 Å². The number of unbranched alkanes of at least 4 members (excludes halogenated alkanes) is 5. The lowest BCUT2D eigenvalue weighted by Crippen LogP contribution is -2.02. The molecule has 51 heavy (non-hydrogen) atoms. The van der Waals surface area contributed by atoms with Gasteiger partial charge in [0.05, 0.1) is 0 Å². The third kappa shape index (κ3) is 7.86. The van der Waals surface area contributed by atoms with E-state index in [1.807, 2.05) is 30.3 Å². The van der Waals surface area contributed by atoms with Crippen LogP contribution in [0, 0.1) is 0 Å². The molecular weight excluding hydrogens is 623 g/mol. The third-order valence-electron chi connectivity index (χ3n) is 10.8. The van der Waals surface area contributed by atoms with E-state index in [-0.39, 0.29) is 0 Å². The largest absolute Gasteiger partial charge is 0.416 e. The number of benzene rings is 5. The molecule has 0 N–H and O–H groups in total. The van der Waals surface area contributed by atoms with Crippen molar-refractivity contribution < 1.29 is 4.42 Å². The highest BCUT2D eigenvalue weighted by Gasteiger charge is 2.17. The van der Waals surface area contributed by atoms with Crippen molar-refractivity contribution in [3.8, 4) is 34.0 Å². The maximum atomic E-state index is 5.96. The number of fused-ring (bicyclic) bond motifs is 3. The average Bonchev–Trinajstić information content (AvgIpc) is 3.81. The van der Waals surface area contributed by atoms with E-state index in [4.69, 9.17) is 4.42 Å². The van der Waals surface area contributed by atoms with Crippen LogP contribution >= 0.6 is 0 Å². The second-order valence-electron chi connectivity index (χ2n) is 14.3. The molecule has 0 bridgehead atoms. The molecule has 0 amide bonds. The summed E-state index contributed by atoms with van der Waals surface area (Å²) in [6.07, 6.45) is 11.4. The van der Waals surface area contributed by atoms with Crippen molar-refractivity contribution in [3.63, 3.8) is 0 Å². The van der Waals surface area contributed by atoms with Crippen molar-refractivity contribution in [3.05, 3.63) is 132 Å². The lowest BCUT2D eigenvalue weighted by atomic mass is 9.86. The maximum Gasteiger partial charge on any atom is 0.248 e. The van der Waals surface area contributed by atoms with Crippen LogP contribution in [0.5, 0.6) is 0 Å². The van der Waals surface area contributed by atoms with Gasteiger partial charge in [-0.2, -0.15) is 0 Å². The van der Waals surface area contributed by atoms with Crippen LogP contribution in [0.25, 0.3) is 55.8 Å². The van der Waals surface area contributed by atoms with Crippen LogP contribution in [0.4, 0.5) is 0 Å². The second kappa shape index (κ2) is 16.4. The zero-order valence-electron chi connectivity index (χ0n) is 30.5. The number of aryl methyl sites for hydroxylation is 1. The molecule has 0 aliphatic rings. The summed E-state index contributed by atoms with van der Waals surface area (Å²) in [6, 6.07) is 43.8. The van der Waals surface area contributed by atoms with Gasteiger partial charge in [-0.05, 0) is 102 Å². The van der Waals surface area contributed by atoms with Crippen LogP contribution < -0.4 is 0 Å². The standard InChI is InChI=1S/C47H51N3O/c1-4-6-7-8-9-15-32-50-44-19-14-13-18-42(44)43-33-41(30-31-45(43)50)34(3)20-21-35(5-2)36-22-24-37(25-23-36)38-26-28-40(29-27-38)47-49-48-46(51-47)39-16-11-10-12-17-39/h10-14,16-19,22-31,33-35H,4-9,15,20-21,32H2,1-3H3. The van der Waals surface area contributed by atoms with E-state index in [9.17, 15) is 0 Å². The lowest BCUT2D eigenvalue weighted by Gasteiger charge is -2.19. The smallest absolute Gasteiger partial charge is 0.248 e. The van der Waals surface area contributed by atoms with Crippen molar-refractivity contribution in [2.24, 2.45) is 0 Å². The summed E-state index contributed by atoms with van der Waals surface area (Å²) >= 11 is 0. The summed E-state index contributed by atoms with van der Waals surface area (Å²) < 4.78 is 8.53. The van der Waals surface area contributed by atoms with Crippen LogP contribution in [-0.4, -0.2) is 14.8 Å². The SMILES string of the molecule is CCCCCCCCn1c2ccccc2c2cc(C(C)CCC(CC)c3ccc(-c4ccc(-c5nnc(-c6ccccc6)o5)cc4)cc3)ccc21. The Hall–Kier alpha value is -4.96. The van der Waals surface area contributed by atoms with E-state index in [1.54, 1.807) is 0 Å². The molecule has 0 saturated heterocycles. The van der Waals surface area contributed by atoms with E-state index in [2.05, 4.69) is 127 Å². The van der Waals surface area contributed by atoms with Gasteiger partial charge in [-0.3, -0.25) is 0 Å². The first-order valence-electron chi connectivity index (χ1n) is 19.2. The lowest BCUT2D eigenvalue weighted by molar-refractivity contribution is 0.535. The first-order valence-corrected chi connectivity index (χ1v) is 19.2. The Morgan fingerprint density at radius 3 is 1.86 bits per heavy atom. The molecule has 4 heteroatoms. The quantitative estimate of drug-likeness (QED) is 0.0959. The molecule has 2 atom stereocenters. The molecule has 0 aliphatic carbocycles. The van der Waals surface area contributed by atoms with Crippen LogP contribution in [0.3, 0.4) is 0 Å². The first kappa shape index (κ1) is 34.5. The van der Waals surface area contributed by atoms with Gasteiger partial charge in [-0.1, -0.05) is 132 Å². The predicted octanol–water partition coefficient (Wildman–Crippen LogP) is 13.6. The highest BCUT2D eigenvalue weighted by atomic mass is 16.4. The zero-order chi connectivity index (χ0) is 35.0. The highest BCUT2D eigenvalue weighted by molar-refractivity contribution is 6.08. The second-order valence-corrected chi connectivity index (χ2v) is 14.3. The number of hydrogen-bond donors (Lipinski definition) is 0. The van der Waals surface area contributed by atoms with Gasteiger partial charge in [-0.25, -0.2) is 0 Å². The van der Waals surface area contributed by atoms with E-state index < -0.39 is 0 Å². The monoisotopic (exact) mass is 673 g/mol. The van der Waals surface area contributed by atoms with Gasteiger partial charge in [0.25, 0.3) is 0 Å². The van der Waals surface area contributed by atoms with Crippen molar-refractivity contribution in [1.82, 2.24) is 14.8 Å². The Bertz CT molecular complexity index is 2140. The van der Waals surface area contributed by atoms with Gasteiger partial charge in [-0.15, -0.1) is 10.2 Å². The van der Waals surface area contributed by atoms with Crippen LogP contribution in [0.15, 0.2) is 126 Å². The van der Waals surface area contributed by atoms with Gasteiger partial charge in [0.1, 0.15) is 0 Å². The highest BCUT2D eigenvalue weighted by Crippen LogP contribution is 2.36. The molecule has 0 fully saturated rings. The Balaban J connectivity index is 0.986. The van der Waals surface area contributed by atoms with Crippen LogP contribution in [0.2, 0.25) is 0 Å². The van der Waals surface area contributed by atoms with E-state index in [1.165, 1.54) is 95.4 Å². The number of para-hydroxylation sites is 1. The number of aromatic nitrogens is 3. The average molecular weight is 674 g/mol. The Labute approximate surface area is 303 Å². The van der Waals surface area contributed by atoms with E-state index in [0.29, 0.717) is 23.6 Å². The minimum atomic E-state index is 0.504. The molecule has 2 aromatic heterocycles. The summed E-state index contributed by atoms with van der Waals surface area (Å²) in [6.45, 7) is 8.13. The third-order valence-corrected chi connectivity index (χ3v) is 10.8. The molecule has 5 aromatic carbocycles. The molecule has 7 aromatic rings. The number of nitrogens with zero attached hydrogens (tertiary/aromatic N) is 3. The summed E-state index contributed by atoms with van der Waals surface area (Å²) in [5.41, 5.74) is 9.88. The maximum absolute atomic E-state index is 5.96. The minimum Gasteiger partial charge on any atom is -0.416 e. The minimum absolute atomic E-state index is 0.504. The van der Waals surface area contributed by atoms with Crippen LogP contribution in [0.1, 0.15) is 102 Å². The number of rotatable bonds is 16. The summed E-state index contributed by atoms with van der Waals surface area (Å²) in [5, 5.41) is 11.3. The van der Waals surface area contributed by atoms with Gasteiger partial charge in [0.15, 0.2) is 0 Å². The molecule has 2 heterocycles.